The number of ether oxygens (including phenoxy) is 1. The van der Waals surface area contributed by atoms with Crippen LogP contribution in [0.4, 0.5) is 0 Å². The second-order valence-electron chi connectivity index (χ2n) is 6.02. The van der Waals surface area contributed by atoms with Crippen LogP contribution in [-0.2, 0) is 16.0 Å². The van der Waals surface area contributed by atoms with Crippen LogP contribution in [0.5, 0.6) is 0 Å². The van der Waals surface area contributed by atoms with E-state index in [0.717, 1.165) is 44.8 Å². The molecule has 6 nitrogen and oxygen atoms in total. The Morgan fingerprint density at radius 2 is 2.00 bits per heavy atom. The fourth-order valence-corrected chi connectivity index (χ4v) is 2.85. The van der Waals surface area contributed by atoms with Crippen molar-refractivity contribution in [2.45, 2.75) is 12.8 Å². The molecule has 2 aromatic rings. The van der Waals surface area contributed by atoms with Gasteiger partial charge in [0.15, 0.2) is 5.76 Å². The van der Waals surface area contributed by atoms with Gasteiger partial charge in [-0.05, 0) is 37.2 Å². The molecule has 0 unspecified atom stereocenters. The number of nitrogens with one attached hydrogen (secondary N) is 1. The first-order valence-electron chi connectivity index (χ1n) is 8.49. The van der Waals surface area contributed by atoms with Crippen molar-refractivity contribution in [2.75, 3.05) is 39.4 Å². The lowest BCUT2D eigenvalue weighted by atomic mass is 10.1. The minimum absolute atomic E-state index is 0.0436. The van der Waals surface area contributed by atoms with Gasteiger partial charge in [-0.25, -0.2) is 0 Å². The molecule has 1 aliphatic rings. The Kier molecular flexibility index (Phi) is 6.44. The summed E-state index contributed by atoms with van der Waals surface area (Å²) in [6.45, 7) is 5.19. The van der Waals surface area contributed by atoms with E-state index in [1.807, 2.05) is 12.1 Å². The van der Waals surface area contributed by atoms with Crippen molar-refractivity contribution in [1.82, 2.24) is 15.4 Å². The summed E-state index contributed by atoms with van der Waals surface area (Å²) in [5, 5.41) is 7.56. The highest BCUT2D eigenvalue weighted by Gasteiger charge is 2.12. The molecule has 1 aliphatic heterocycles. The number of aromatic nitrogens is 1. The summed E-state index contributed by atoms with van der Waals surface area (Å²) in [6.07, 6.45) is 1.15. The number of hydrogen-bond acceptors (Lipinski definition) is 5. The van der Waals surface area contributed by atoms with E-state index in [0.29, 0.717) is 23.0 Å². The molecule has 0 bridgehead atoms. The highest BCUT2D eigenvalue weighted by molar-refractivity contribution is 6.30. The van der Waals surface area contributed by atoms with Gasteiger partial charge in [-0.3, -0.25) is 9.69 Å². The summed E-state index contributed by atoms with van der Waals surface area (Å²) in [4.78, 5) is 14.4. The molecular formula is C18H22ClN3O3. The van der Waals surface area contributed by atoms with Gasteiger partial charge in [-0.15, -0.1) is 0 Å². The molecule has 1 fully saturated rings. The largest absolute Gasteiger partial charge is 0.379 e. The number of nitrogens with zero attached hydrogens (tertiary/aromatic N) is 2. The zero-order valence-electron chi connectivity index (χ0n) is 14.0. The van der Waals surface area contributed by atoms with Crippen molar-refractivity contribution in [3.63, 3.8) is 0 Å². The van der Waals surface area contributed by atoms with Crippen LogP contribution < -0.4 is 5.32 Å². The van der Waals surface area contributed by atoms with Gasteiger partial charge in [0, 0.05) is 36.3 Å². The monoisotopic (exact) mass is 363 g/mol. The highest BCUT2D eigenvalue weighted by atomic mass is 35.5. The Balaban J connectivity index is 1.40. The summed E-state index contributed by atoms with van der Waals surface area (Å²) >= 11 is 5.87. The van der Waals surface area contributed by atoms with E-state index in [-0.39, 0.29) is 12.3 Å². The number of rotatable bonds is 7. The zero-order valence-corrected chi connectivity index (χ0v) is 14.8. The average Bonchev–Trinajstić information content (AvgIpc) is 3.09. The summed E-state index contributed by atoms with van der Waals surface area (Å²) in [6, 6.07) is 9.09. The second-order valence-corrected chi connectivity index (χ2v) is 6.46. The number of benzene rings is 1. The number of amides is 1. The average molecular weight is 364 g/mol. The molecule has 25 heavy (non-hydrogen) atoms. The van der Waals surface area contributed by atoms with E-state index in [1.54, 1.807) is 18.2 Å². The van der Waals surface area contributed by atoms with Gasteiger partial charge in [0.1, 0.15) is 0 Å². The predicted octanol–water partition coefficient (Wildman–Crippen LogP) is 2.38. The molecule has 1 aromatic carbocycles. The van der Waals surface area contributed by atoms with Gasteiger partial charge in [-0.2, -0.15) is 0 Å². The third-order valence-electron chi connectivity index (χ3n) is 4.11. The molecule has 1 saturated heterocycles. The lowest BCUT2D eigenvalue weighted by Crippen LogP contribution is -2.38. The van der Waals surface area contributed by atoms with Crippen molar-refractivity contribution in [1.29, 1.82) is 0 Å². The molecule has 1 amide bonds. The van der Waals surface area contributed by atoms with Gasteiger partial charge < -0.3 is 14.6 Å². The molecule has 0 saturated carbocycles. The van der Waals surface area contributed by atoms with E-state index in [9.17, 15) is 4.79 Å². The van der Waals surface area contributed by atoms with Crippen molar-refractivity contribution in [3.8, 4) is 11.3 Å². The van der Waals surface area contributed by atoms with Crippen LogP contribution in [0.3, 0.4) is 0 Å². The summed E-state index contributed by atoms with van der Waals surface area (Å²) < 4.78 is 10.6. The van der Waals surface area contributed by atoms with Crippen molar-refractivity contribution in [3.05, 3.63) is 41.0 Å². The SMILES string of the molecule is O=C(Cc1cc(-c2ccc(Cl)cc2)on1)NCCCN1CCOCC1. The number of carbonyl (C=O) groups is 1. The molecule has 0 atom stereocenters. The summed E-state index contributed by atoms with van der Waals surface area (Å²) in [7, 11) is 0. The molecule has 1 aromatic heterocycles. The Bertz CT molecular complexity index is 681. The highest BCUT2D eigenvalue weighted by Crippen LogP contribution is 2.22. The van der Waals surface area contributed by atoms with E-state index in [4.69, 9.17) is 20.9 Å². The standard InChI is InChI=1S/C18H22ClN3O3/c19-15-4-2-14(3-5-15)17-12-16(21-25-17)13-18(23)20-6-1-7-22-8-10-24-11-9-22/h2-5,12H,1,6-11,13H2,(H,20,23). The van der Waals surface area contributed by atoms with Gasteiger partial charge in [0.25, 0.3) is 0 Å². The number of hydrogen-bond donors (Lipinski definition) is 1. The first kappa shape index (κ1) is 17.9. The van der Waals surface area contributed by atoms with Crippen molar-refractivity contribution >= 4 is 17.5 Å². The van der Waals surface area contributed by atoms with Gasteiger partial charge in [0.05, 0.1) is 25.3 Å². The zero-order chi connectivity index (χ0) is 17.5. The maximum atomic E-state index is 12.0. The third kappa shape index (κ3) is 5.56. The molecule has 0 spiro atoms. The second kappa shape index (κ2) is 8.99. The van der Waals surface area contributed by atoms with Crippen molar-refractivity contribution < 1.29 is 14.1 Å². The van der Waals surface area contributed by atoms with E-state index >= 15 is 0 Å². The minimum Gasteiger partial charge on any atom is -0.379 e. The summed E-state index contributed by atoms with van der Waals surface area (Å²) in [5.41, 5.74) is 1.50. The van der Waals surface area contributed by atoms with Crippen LogP contribution in [0.15, 0.2) is 34.9 Å². The fraction of sp³-hybridized carbons (Fsp3) is 0.444. The molecule has 0 radical (unpaired) electrons. The topological polar surface area (TPSA) is 67.6 Å². The van der Waals surface area contributed by atoms with Crippen LogP contribution in [0.1, 0.15) is 12.1 Å². The molecule has 3 rings (SSSR count). The van der Waals surface area contributed by atoms with Crippen LogP contribution in [0, 0.1) is 0 Å². The third-order valence-corrected chi connectivity index (χ3v) is 4.36. The normalized spacial score (nSPS) is 15.2. The Labute approximate surface area is 152 Å². The number of morpholine rings is 1. The Morgan fingerprint density at radius 3 is 2.76 bits per heavy atom. The van der Waals surface area contributed by atoms with E-state index < -0.39 is 0 Å². The van der Waals surface area contributed by atoms with Crippen LogP contribution >= 0.6 is 11.6 Å². The maximum Gasteiger partial charge on any atom is 0.226 e. The van der Waals surface area contributed by atoms with Gasteiger partial charge >= 0.3 is 0 Å². The molecule has 2 heterocycles. The lowest BCUT2D eigenvalue weighted by Gasteiger charge is -2.26. The first-order valence-corrected chi connectivity index (χ1v) is 8.87. The molecule has 134 valence electrons. The van der Waals surface area contributed by atoms with Crippen LogP contribution in [0.2, 0.25) is 5.02 Å². The molecular weight excluding hydrogens is 342 g/mol. The smallest absolute Gasteiger partial charge is 0.226 e. The van der Waals surface area contributed by atoms with Crippen molar-refractivity contribution in [2.24, 2.45) is 0 Å². The lowest BCUT2D eigenvalue weighted by molar-refractivity contribution is -0.120. The van der Waals surface area contributed by atoms with E-state index in [1.165, 1.54) is 0 Å². The number of carbonyl (C=O) groups excluding carboxylic acids is 1. The van der Waals surface area contributed by atoms with Gasteiger partial charge in [-0.1, -0.05) is 16.8 Å². The molecule has 1 N–H and O–H groups in total. The van der Waals surface area contributed by atoms with E-state index in [2.05, 4.69) is 15.4 Å². The first-order chi connectivity index (χ1) is 12.2. The Hall–Kier alpha value is -1.89. The van der Waals surface area contributed by atoms with Crippen LogP contribution in [-0.4, -0.2) is 55.4 Å². The quantitative estimate of drug-likeness (QED) is 0.765. The molecule has 0 aliphatic carbocycles. The number of halogens is 1. The molecule has 7 heteroatoms. The Morgan fingerprint density at radius 1 is 1.24 bits per heavy atom. The fourth-order valence-electron chi connectivity index (χ4n) is 2.73. The van der Waals surface area contributed by atoms with Gasteiger partial charge in [0.2, 0.25) is 5.91 Å². The maximum absolute atomic E-state index is 12.0. The summed E-state index contributed by atoms with van der Waals surface area (Å²) in [5.74, 6) is 0.588. The predicted molar refractivity (Wildman–Crippen MR) is 95.5 cm³/mol. The van der Waals surface area contributed by atoms with Crippen LogP contribution in [0.25, 0.3) is 11.3 Å². The minimum atomic E-state index is -0.0436.